The normalized spacial score (nSPS) is 24.3. The van der Waals surface area contributed by atoms with Crippen LogP contribution in [-0.2, 0) is 31.0 Å². The van der Waals surface area contributed by atoms with E-state index in [0.29, 0.717) is 18.5 Å². The lowest BCUT2D eigenvalue weighted by Crippen LogP contribution is -2.57. The number of amides is 1. The standard InChI is InChI=1S/C25H32N6O2/c1-29(14-19-6-3-2-4-7-19)15-21-16-31(28-27-21)17-22-12-20-9-10-30(22)18-24(20)25(32)26-13-23-8-5-11-33-23/h2-8,11,16,20,22,24H,9-10,12-15,17-18H2,1H3,(H,26,32)/t20-,22-,24+/m1/s1. The fourth-order valence-corrected chi connectivity index (χ4v) is 5.29. The van der Waals surface area contributed by atoms with Crippen LogP contribution in [0.15, 0.2) is 59.3 Å². The van der Waals surface area contributed by atoms with Crippen molar-refractivity contribution in [3.05, 3.63) is 71.9 Å². The van der Waals surface area contributed by atoms with Crippen LogP contribution < -0.4 is 5.32 Å². The lowest BCUT2D eigenvalue weighted by molar-refractivity contribution is -0.133. The van der Waals surface area contributed by atoms with Crippen LogP contribution >= 0.6 is 0 Å². The minimum Gasteiger partial charge on any atom is -0.467 e. The highest BCUT2D eigenvalue weighted by Gasteiger charge is 2.43. The van der Waals surface area contributed by atoms with E-state index in [4.69, 9.17) is 4.42 Å². The molecule has 2 aromatic heterocycles. The second-order valence-corrected chi connectivity index (χ2v) is 9.43. The van der Waals surface area contributed by atoms with Gasteiger partial charge in [-0.05, 0) is 50.0 Å². The molecule has 8 nitrogen and oxygen atoms in total. The zero-order valence-corrected chi connectivity index (χ0v) is 19.1. The van der Waals surface area contributed by atoms with Crippen LogP contribution in [0.4, 0.5) is 0 Å². The van der Waals surface area contributed by atoms with E-state index in [1.54, 1.807) is 6.26 Å². The molecule has 3 aliphatic rings. The largest absolute Gasteiger partial charge is 0.467 e. The number of aromatic nitrogens is 3. The Morgan fingerprint density at radius 3 is 2.85 bits per heavy atom. The van der Waals surface area contributed by atoms with Gasteiger partial charge in [-0.25, -0.2) is 0 Å². The summed E-state index contributed by atoms with van der Waals surface area (Å²) in [7, 11) is 2.11. The number of nitrogens with zero attached hydrogens (tertiary/aromatic N) is 5. The van der Waals surface area contributed by atoms with Crippen LogP contribution in [0.5, 0.6) is 0 Å². The molecule has 8 heteroatoms. The van der Waals surface area contributed by atoms with Crippen LogP contribution in [0, 0.1) is 11.8 Å². The zero-order valence-electron chi connectivity index (χ0n) is 19.1. The maximum atomic E-state index is 12.8. The highest BCUT2D eigenvalue weighted by molar-refractivity contribution is 5.79. The van der Waals surface area contributed by atoms with Crippen molar-refractivity contribution in [2.45, 2.75) is 45.1 Å². The summed E-state index contributed by atoms with van der Waals surface area (Å²) in [4.78, 5) is 17.5. The molecule has 3 aliphatic heterocycles. The summed E-state index contributed by atoms with van der Waals surface area (Å²) < 4.78 is 7.30. The Morgan fingerprint density at radius 2 is 2.09 bits per heavy atom. The number of carbonyl (C=O) groups is 1. The molecule has 1 aromatic carbocycles. The molecule has 1 amide bonds. The van der Waals surface area contributed by atoms with E-state index in [0.717, 1.165) is 57.0 Å². The predicted octanol–water partition coefficient (Wildman–Crippen LogP) is 2.53. The second-order valence-electron chi connectivity index (χ2n) is 9.43. The van der Waals surface area contributed by atoms with Crippen LogP contribution in [0.2, 0.25) is 0 Å². The number of hydrogen-bond donors (Lipinski definition) is 1. The lowest BCUT2D eigenvalue weighted by Gasteiger charge is -2.49. The summed E-state index contributed by atoms with van der Waals surface area (Å²) in [6.07, 6.45) is 5.82. The Labute approximate surface area is 194 Å². The summed E-state index contributed by atoms with van der Waals surface area (Å²) in [5.41, 5.74) is 2.28. The third kappa shape index (κ3) is 5.34. The van der Waals surface area contributed by atoms with Crippen molar-refractivity contribution < 1.29 is 9.21 Å². The van der Waals surface area contributed by atoms with E-state index in [9.17, 15) is 4.79 Å². The summed E-state index contributed by atoms with van der Waals surface area (Å²) in [6.45, 7) is 4.81. The second kappa shape index (κ2) is 9.89. The number of nitrogens with one attached hydrogen (secondary N) is 1. The van der Waals surface area contributed by atoms with Crippen LogP contribution in [-0.4, -0.2) is 56.9 Å². The first-order chi connectivity index (χ1) is 16.1. The minimum atomic E-state index is 0.0582. The molecule has 1 unspecified atom stereocenters. The maximum absolute atomic E-state index is 12.8. The topological polar surface area (TPSA) is 79.4 Å². The SMILES string of the molecule is CN(Cc1ccccc1)Cc1cn(C[C@H]2C[C@H]3CCN2C[C@@H]3C(=O)NCc2ccco2)nn1. The third-order valence-corrected chi connectivity index (χ3v) is 6.94. The van der Waals surface area contributed by atoms with Gasteiger partial charge in [0.1, 0.15) is 5.76 Å². The Morgan fingerprint density at radius 1 is 1.21 bits per heavy atom. The maximum Gasteiger partial charge on any atom is 0.225 e. The molecular weight excluding hydrogens is 416 g/mol. The minimum absolute atomic E-state index is 0.0582. The molecule has 33 heavy (non-hydrogen) atoms. The number of piperidine rings is 3. The van der Waals surface area contributed by atoms with Crippen molar-refractivity contribution in [3.63, 3.8) is 0 Å². The summed E-state index contributed by atoms with van der Waals surface area (Å²) in [5, 5.41) is 11.8. The van der Waals surface area contributed by atoms with Gasteiger partial charge in [0.15, 0.2) is 0 Å². The number of furan rings is 1. The van der Waals surface area contributed by atoms with Gasteiger partial charge in [0.2, 0.25) is 5.91 Å². The first kappa shape index (κ1) is 21.9. The Kier molecular flexibility index (Phi) is 6.55. The van der Waals surface area contributed by atoms with Crippen molar-refractivity contribution in [1.29, 1.82) is 0 Å². The van der Waals surface area contributed by atoms with Gasteiger partial charge in [-0.2, -0.15) is 0 Å². The molecule has 3 fully saturated rings. The van der Waals surface area contributed by atoms with Crippen LogP contribution in [0.25, 0.3) is 0 Å². The van der Waals surface area contributed by atoms with Crippen molar-refractivity contribution in [3.8, 4) is 0 Å². The molecule has 174 valence electrons. The van der Waals surface area contributed by atoms with Crippen LogP contribution in [0.3, 0.4) is 0 Å². The van der Waals surface area contributed by atoms with E-state index in [1.807, 2.05) is 22.9 Å². The molecule has 3 aromatic rings. The monoisotopic (exact) mass is 448 g/mol. The smallest absolute Gasteiger partial charge is 0.225 e. The average Bonchev–Trinajstić information content (AvgIpc) is 3.51. The van der Waals surface area contributed by atoms with Gasteiger partial charge >= 0.3 is 0 Å². The zero-order chi connectivity index (χ0) is 22.6. The predicted molar refractivity (Wildman–Crippen MR) is 124 cm³/mol. The fraction of sp³-hybridized carbons (Fsp3) is 0.480. The van der Waals surface area contributed by atoms with Crippen molar-refractivity contribution in [2.24, 2.45) is 11.8 Å². The van der Waals surface area contributed by atoms with Crippen LogP contribution in [0.1, 0.15) is 29.9 Å². The van der Waals surface area contributed by atoms with Gasteiger partial charge in [0.05, 0.1) is 31.0 Å². The average molecular weight is 449 g/mol. The van der Waals surface area contributed by atoms with Gasteiger partial charge in [0, 0.05) is 31.9 Å². The highest BCUT2D eigenvalue weighted by atomic mass is 16.3. The molecule has 6 rings (SSSR count). The van der Waals surface area contributed by atoms with E-state index in [-0.39, 0.29) is 11.8 Å². The molecule has 0 spiro atoms. The molecule has 4 atom stereocenters. The van der Waals surface area contributed by atoms with E-state index in [1.165, 1.54) is 5.56 Å². The quantitative estimate of drug-likeness (QED) is 0.542. The lowest BCUT2D eigenvalue weighted by atomic mass is 9.75. The number of hydrogen-bond acceptors (Lipinski definition) is 6. The summed E-state index contributed by atoms with van der Waals surface area (Å²) in [5.74, 6) is 1.42. The van der Waals surface area contributed by atoms with Gasteiger partial charge in [-0.3, -0.25) is 19.3 Å². The third-order valence-electron chi connectivity index (χ3n) is 6.94. The summed E-state index contributed by atoms with van der Waals surface area (Å²) in [6, 6.07) is 14.6. The molecular formula is C25H32N6O2. The van der Waals surface area contributed by atoms with Crippen molar-refractivity contribution >= 4 is 5.91 Å². The molecule has 0 radical (unpaired) electrons. The van der Waals surface area contributed by atoms with E-state index in [2.05, 4.69) is 62.9 Å². The number of carbonyl (C=O) groups excluding carboxylic acids is 1. The Hall–Kier alpha value is -2.97. The van der Waals surface area contributed by atoms with Crippen molar-refractivity contribution in [1.82, 2.24) is 30.1 Å². The van der Waals surface area contributed by atoms with Crippen molar-refractivity contribution in [2.75, 3.05) is 20.1 Å². The Bertz CT molecular complexity index is 1030. The van der Waals surface area contributed by atoms with E-state index < -0.39 is 0 Å². The molecule has 0 saturated carbocycles. The number of benzene rings is 1. The fourth-order valence-electron chi connectivity index (χ4n) is 5.29. The first-order valence-electron chi connectivity index (χ1n) is 11.8. The number of fused-ring (bicyclic) bond motifs is 3. The van der Waals surface area contributed by atoms with Gasteiger partial charge in [-0.1, -0.05) is 35.5 Å². The molecule has 1 N–H and O–H groups in total. The summed E-state index contributed by atoms with van der Waals surface area (Å²) >= 11 is 0. The molecule has 3 saturated heterocycles. The van der Waals surface area contributed by atoms with Gasteiger partial charge in [0.25, 0.3) is 0 Å². The number of rotatable bonds is 9. The Balaban J connectivity index is 1.12. The molecule has 2 bridgehead atoms. The molecule has 0 aliphatic carbocycles. The van der Waals surface area contributed by atoms with Gasteiger partial charge in [-0.15, -0.1) is 5.10 Å². The molecule has 5 heterocycles. The highest BCUT2D eigenvalue weighted by Crippen LogP contribution is 2.37. The van der Waals surface area contributed by atoms with Gasteiger partial charge < -0.3 is 9.73 Å². The van der Waals surface area contributed by atoms with E-state index >= 15 is 0 Å². The first-order valence-corrected chi connectivity index (χ1v) is 11.8.